The lowest BCUT2D eigenvalue weighted by Crippen LogP contribution is -2.49. The molecule has 1 aliphatic rings. The normalized spacial score (nSPS) is 18.4. The van der Waals surface area contributed by atoms with E-state index in [1.54, 1.807) is 17.9 Å². The van der Waals surface area contributed by atoms with Crippen LogP contribution in [-0.2, 0) is 6.18 Å². The fourth-order valence-corrected chi connectivity index (χ4v) is 2.80. The molecule has 1 atom stereocenters. The van der Waals surface area contributed by atoms with Gasteiger partial charge in [0.1, 0.15) is 0 Å². The SMILES string of the molecule is CC(C#N)N1CCN(c2ccc(Br)cc2C(F)(F)F)CC1. The van der Waals surface area contributed by atoms with Crippen molar-refractivity contribution in [1.29, 1.82) is 5.26 Å². The van der Waals surface area contributed by atoms with Crippen LogP contribution in [0, 0.1) is 11.3 Å². The fraction of sp³-hybridized carbons (Fsp3) is 0.500. The van der Waals surface area contributed by atoms with Crippen LogP contribution >= 0.6 is 15.9 Å². The van der Waals surface area contributed by atoms with Crippen LogP contribution in [-0.4, -0.2) is 37.1 Å². The first kappa shape index (κ1) is 16.1. The number of benzene rings is 1. The Labute approximate surface area is 130 Å². The molecule has 0 N–H and O–H groups in total. The van der Waals surface area contributed by atoms with Gasteiger partial charge < -0.3 is 4.90 Å². The molecule has 3 nitrogen and oxygen atoms in total. The van der Waals surface area contributed by atoms with Gasteiger partial charge in [-0.1, -0.05) is 15.9 Å². The largest absolute Gasteiger partial charge is 0.418 e. The van der Waals surface area contributed by atoms with Crippen LogP contribution in [0.2, 0.25) is 0 Å². The van der Waals surface area contributed by atoms with Crippen LogP contribution < -0.4 is 4.90 Å². The summed E-state index contributed by atoms with van der Waals surface area (Å²) in [5.41, 5.74) is -0.423. The van der Waals surface area contributed by atoms with Crippen molar-refractivity contribution in [1.82, 2.24) is 4.90 Å². The number of alkyl halides is 3. The highest BCUT2D eigenvalue weighted by atomic mass is 79.9. The second-order valence-corrected chi connectivity index (χ2v) is 5.90. The molecule has 0 spiro atoms. The molecular weight excluding hydrogens is 347 g/mol. The van der Waals surface area contributed by atoms with Gasteiger partial charge in [-0.3, -0.25) is 4.90 Å². The van der Waals surface area contributed by atoms with Gasteiger partial charge in [-0.25, -0.2) is 0 Å². The zero-order valence-corrected chi connectivity index (χ0v) is 13.1. The smallest absolute Gasteiger partial charge is 0.368 e. The quantitative estimate of drug-likeness (QED) is 0.807. The van der Waals surface area contributed by atoms with E-state index in [2.05, 4.69) is 22.0 Å². The molecule has 0 aromatic heterocycles. The van der Waals surface area contributed by atoms with Crippen molar-refractivity contribution in [2.45, 2.75) is 19.1 Å². The highest BCUT2D eigenvalue weighted by Crippen LogP contribution is 2.38. The van der Waals surface area contributed by atoms with Gasteiger partial charge in [0, 0.05) is 36.3 Å². The van der Waals surface area contributed by atoms with Gasteiger partial charge in [-0.15, -0.1) is 0 Å². The van der Waals surface area contributed by atoms with Crippen LogP contribution in [0.25, 0.3) is 0 Å². The topological polar surface area (TPSA) is 30.3 Å². The molecule has 1 aromatic carbocycles. The Morgan fingerprint density at radius 1 is 1.24 bits per heavy atom. The Kier molecular flexibility index (Phi) is 4.79. The monoisotopic (exact) mass is 361 g/mol. The molecule has 2 rings (SSSR count). The molecule has 21 heavy (non-hydrogen) atoms. The predicted molar refractivity (Wildman–Crippen MR) is 78.0 cm³/mol. The van der Waals surface area contributed by atoms with E-state index in [0.717, 1.165) is 6.07 Å². The standard InChI is InChI=1S/C14H15BrF3N3/c1-10(9-19)20-4-6-21(7-5-20)13-3-2-11(15)8-12(13)14(16,17)18/h2-3,8,10H,4-7H2,1H3. The maximum atomic E-state index is 13.1. The molecule has 114 valence electrons. The van der Waals surface area contributed by atoms with E-state index in [0.29, 0.717) is 30.7 Å². The van der Waals surface area contributed by atoms with Gasteiger partial charge in [0.2, 0.25) is 0 Å². The van der Waals surface area contributed by atoms with Crippen molar-refractivity contribution < 1.29 is 13.2 Å². The second-order valence-electron chi connectivity index (χ2n) is 4.99. The molecular formula is C14H15BrF3N3. The molecule has 1 aromatic rings. The molecule has 0 aliphatic carbocycles. The molecule has 0 bridgehead atoms. The van der Waals surface area contributed by atoms with Gasteiger partial charge in [0.05, 0.1) is 17.7 Å². The van der Waals surface area contributed by atoms with E-state index in [-0.39, 0.29) is 11.7 Å². The maximum absolute atomic E-state index is 13.1. The van der Waals surface area contributed by atoms with Crippen LogP contribution in [0.3, 0.4) is 0 Å². The second kappa shape index (κ2) is 6.24. The zero-order valence-electron chi connectivity index (χ0n) is 11.5. The number of rotatable bonds is 2. The Balaban J connectivity index is 2.19. The lowest BCUT2D eigenvalue weighted by Gasteiger charge is -2.38. The molecule has 0 amide bonds. The van der Waals surface area contributed by atoms with Gasteiger partial charge in [-0.05, 0) is 25.1 Å². The van der Waals surface area contributed by atoms with Crippen LogP contribution in [0.1, 0.15) is 12.5 Å². The van der Waals surface area contributed by atoms with Crippen molar-refractivity contribution in [3.8, 4) is 6.07 Å². The number of piperazine rings is 1. The first-order chi connectivity index (χ1) is 9.82. The highest BCUT2D eigenvalue weighted by Gasteiger charge is 2.35. The lowest BCUT2D eigenvalue weighted by molar-refractivity contribution is -0.137. The summed E-state index contributed by atoms with van der Waals surface area (Å²) in [5.74, 6) is 0. The zero-order chi connectivity index (χ0) is 15.6. The molecule has 1 saturated heterocycles. The third kappa shape index (κ3) is 3.69. The summed E-state index contributed by atoms with van der Waals surface area (Å²) >= 11 is 3.09. The summed E-state index contributed by atoms with van der Waals surface area (Å²) in [6, 6.07) is 6.17. The summed E-state index contributed by atoms with van der Waals surface area (Å²) in [6.07, 6.45) is -4.38. The molecule has 7 heteroatoms. The number of nitrogens with zero attached hydrogens (tertiary/aromatic N) is 3. The minimum atomic E-state index is -4.38. The van der Waals surface area contributed by atoms with Crippen LogP contribution in [0.15, 0.2) is 22.7 Å². The average Bonchev–Trinajstić information content (AvgIpc) is 2.45. The van der Waals surface area contributed by atoms with Gasteiger partial charge in [0.15, 0.2) is 0 Å². The van der Waals surface area contributed by atoms with E-state index < -0.39 is 11.7 Å². The lowest BCUT2D eigenvalue weighted by atomic mass is 10.1. The summed E-state index contributed by atoms with van der Waals surface area (Å²) < 4.78 is 39.8. The summed E-state index contributed by atoms with van der Waals surface area (Å²) in [7, 11) is 0. The van der Waals surface area contributed by atoms with Crippen molar-refractivity contribution in [3.05, 3.63) is 28.2 Å². The van der Waals surface area contributed by atoms with Gasteiger partial charge in [0.25, 0.3) is 0 Å². The molecule has 1 unspecified atom stereocenters. The predicted octanol–water partition coefficient (Wildman–Crippen LogP) is 3.50. The number of hydrogen-bond acceptors (Lipinski definition) is 3. The van der Waals surface area contributed by atoms with Crippen LogP contribution in [0.4, 0.5) is 18.9 Å². The van der Waals surface area contributed by atoms with E-state index in [1.807, 2.05) is 4.90 Å². The highest BCUT2D eigenvalue weighted by molar-refractivity contribution is 9.10. The van der Waals surface area contributed by atoms with Gasteiger partial charge in [-0.2, -0.15) is 18.4 Å². The third-order valence-corrected chi connectivity index (χ3v) is 4.15. The van der Waals surface area contributed by atoms with Crippen molar-refractivity contribution in [2.24, 2.45) is 0 Å². The van der Waals surface area contributed by atoms with E-state index >= 15 is 0 Å². The Morgan fingerprint density at radius 3 is 2.38 bits per heavy atom. The van der Waals surface area contributed by atoms with E-state index in [4.69, 9.17) is 5.26 Å². The van der Waals surface area contributed by atoms with Gasteiger partial charge >= 0.3 is 6.18 Å². The summed E-state index contributed by atoms with van der Waals surface area (Å²) in [6.45, 7) is 3.94. The average molecular weight is 362 g/mol. The molecule has 1 heterocycles. The Morgan fingerprint density at radius 2 is 1.86 bits per heavy atom. The Bertz CT molecular complexity index is 545. The maximum Gasteiger partial charge on any atom is 0.418 e. The van der Waals surface area contributed by atoms with E-state index in [9.17, 15) is 13.2 Å². The molecule has 1 fully saturated rings. The first-order valence-corrected chi connectivity index (χ1v) is 7.37. The third-order valence-electron chi connectivity index (χ3n) is 3.65. The molecule has 1 aliphatic heterocycles. The number of halogens is 4. The Hall–Kier alpha value is -1.26. The molecule has 0 saturated carbocycles. The van der Waals surface area contributed by atoms with Crippen molar-refractivity contribution in [3.63, 3.8) is 0 Å². The number of nitriles is 1. The van der Waals surface area contributed by atoms with Crippen LogP contribution in [0.5, 0.6) is 0 Å². The number of anilines is 1. The minimum absolute atomic E-state index is 0.204. The summed E-state index contributed by atoms with van der Waals surface area (Å²) in [5, 5.41) is 8.89. The van der Waals surface area contributed by atoms with E-state index in [1.165, 1.54) is 6.07 Å². The number of hydrogen-bond donors (Lipinski definition) is 0. The first-order valence-electron chi connectivity index (χ1n) is 6.58. The molecule has 0 radical (unpaired) electrons. The minimum Gasteiger partial charge on any atom is -0.368 e. The van der Waals surface area contributed by atoms with Crippen molar-refractivity contribution in [2.75, 3.05) is 31.1 Å². The summed E-state index contributed by atoms with van der Waals surface area (Å²) in [4.78, 5) is 3.71. The fourth-order valence-electron chi connectivity index (χ4n) is 2.44. The van der Waals surface area contributed by atoms with Crippen molar-refractivity contribution >= 4 is 21.6 Å².